The van der Waals surface area contributed by atoms with Gasteiger partial charge in [0.05, 0.1) is 5.41 Å². The van der Waals surface area contributed by atoms with Crippen molar-refractivity contribution in [2.75, 3.05) is 0 Å². The lowest BCUT2D eigenvalue weighted by atomic mass is 9.64. The van der Waals surface area contributed by atoms with Crippen LogP contribution in [0.2, 0.25) is 0 Å². The van der Waals surface area contributed by atoms with Gasteiger partial charge in [-0.1, -0.05) is 133 Å². The maximum absolute atomic E-state index is 2.29. The van der Waals surface area contributed by atoms with Gasteiger partial charge in [0.2, 0.25) is 0 Å². The van der Waals surface area contributed by atoms with Crippen LogP contribution in [-0.2, 0) is 5.41 Å². The lowest BCUT2D eigenvalue weighted by molar-refractivity contribution is 0.752. The molecule has 0 heterocycles. The molecular weight excluding hydrogens is 360 g/mol. The summed E-state index contributed by atoms with van der Waals surface area (Å²) < 4.78 is 0. The number of fused-ring (bicyclic) bond motifs is 1. The van der Waals surface area contributed by atoms with Crippen LogP contribution in [0.1, 0.15) is 27.8 Å². The van der Waals surface area contributed by atoms with Crippen LogP contribution in [0.4, 0.5) is 0 Å². The minimum absolute atomic E-state index is 0.406. The standard InChI is InChI=1S/C30H24/c1-23-19-21-27(22-20-23)30(25-13-4-2-5-14-25,26-15-6-3-7-16-26)29-18-10-12-24-11-8-9-17-28(24)29/h2-22H,1H3. The first kappa shape index (κ1) is 18.4. The Labute approximate surface area is 178 Å². The first-order valence-electron chi connectivity index (χ1n) is 10.5. The van der Waals surface area contributed by atoms with E-state index in [4.69, 9.17) is 0 Å². The smallest absolute Gasteiger partial charge is 0.0622 e. The van der Waals surface area contributed by atoms with Gasteiger partial charge in [0.15, 0.2) is 0 Å². The molecule has 0 saturated carbocycles. The fraction of sp³-hybridized carbons (Fsp3) is 0.0667. The summed E-state index contributed by atoms with van der Waals surface area (Å²) in [6.07, 6.45) is 0. The second kappa shape index (κ2) is 7.65. The first-order chi connectivity index (χ1) is 14.8. The third kappa shape index (κ3) is 2.93. The zero-order valence-electron chi connectivity index (χ0n) is 17.1. The zero-order valence-corrected chi connectivity index (χ0v) is 17.1. The molecule has 144 valence electrons. The molecule has 5 rings (SSSR count). The van der Waals surface area contributed by atoms with Gasteiger partial charge in [-0.05, 0) is 39.9 Å². The highest BCUT2D eigenvalue weighted by molar-refractivity contribution is 5.89. The summed E-state index contributed by atoms with van der Waals surface area (Å²) in [4.78, 5) is 0. The van der Waals surface area contributed by atoms with Crippen molar-refractivity contribution in [3.63, 3.8) is 0 Å². The Hall–Kier alpha value is -3.64. The van der Waals surface area contributed by atoms with Crippen molar-refractivity contribution in [1.82, 2.24) is 0 Å². The van der Waals surface area contributed by atoms with Crippen LogP contribution < -0.4 is 0 Å². The van der Waals surface area contributed by atoms with E-state index >= 15 is 0 Å². The van der Waals surface area contributed by atoms with Crippen LogP contribution in [0.25, 0.3) is 10.8 Å². The average molecular weight is 385 g/mol. The summed E-state index contributed by atoms with van der Waals surface area (Å²) in [5, 5.41) is 2.55. The predicted octanol–water partition coefficient (Wildman–Crippen LogP) is 7.53. The largest absolute Gasteiger partial charge is 0.0707 e. The van der Waals surface area contributed by atoms with Gasteiger partial charge in [-0.15, -0.1) is 0 Å². The Bertz CT molecular complexity index is 1220. The Morgan fingerprint density at radius 1 is 0.433 bits per heavy atom. The third-order valence-corrected chi connectivity index (χ3v) is 6.09. The van der Waals surface area contributed by atoms with E-state index in [1.807, 2.05) is 0 Å². The van der Waals surface area contributed by atoms with Crippen molar-refractivity contribution in [2.24, 2.45) is 0 Å². The third-order valence-electron chi connectivity index (χ3n) is 6.09. The van der Waals surface area contributed by atoms with E-state index in [2.05, 4.69) is 134 Å². The molecule has 5 aromatic carbocycles. The van der Waals surface area contributed by atoms with Crippen LogP contribution in [0.5, 0.6) is 0 Å². The Morgan fingerprint density at radius 2 is 0.933 bits per heavy atom. The molecule has 30 heavy (non-hydrogen) atoms. The van der Waals surface area contributed by atoms with Crippen LogP contribution in [0.3, 0.4) is 0 Å². The topological polar surface area (TPSA) is 0 Å². The van der Waals surface area contributed by atoms with Crippen molar-refractivity contribution in [2.45, 2.75) is 12.3 Å². The quantitative estimate of drug-likeness (QED) is 0.281. The lowest BCUT2D eigenvalue weighted by Crippen LogP contribution is -2.31. The summed E-state index contributed by atoms with van der Waals surface area (Å²) in [5.74, 6) is 0. The van der Waals surface area contributed by atoms with Crippen molar-refractivity contribution < 1.29 is 0 Å². The normalized spacial score (nSPS) is 11.5. The highest BCUT2D eigenvalue weighted by Crippen LogP contribution is 2.47. The van der Waals surface area contributed by atoms with Gasteiger partial charge in [0.25, 0.3) is 0 Å². The van der Waals surface area contributed by atoms with E-state index in [1.165, 1.54) is 38.6 Å². The van der Waals surface area contributed by atoms with Crippen molar-refractivity contribution in [3.05, 3.63) is 155 Å². The highest BCUT2D eigenvalue weighted by atomic mass is 14.4. The summed E-state index contributed by atoms with van der Waals surface area (Å²) in [7, 11) is 0. The summed E-state index contributed by atoms with van der Waals surface area (Å²) in [5.41, 5.74) is 6.00. The van der Waals surface area contributed by atoms with Gasteiger partial charge in [-0.2, -0.15) is 0 Å². The van der Waals surface area contributed by atoms with Crippen molar-refractivity contribution >= 4 is 10.8 Å². The van der Waals surface area contributed by atoms with E-state index in [-0.39, 0.29) is 0 Å². The highest BCUT2D eigenvalue weighted by Gasteiger charge is 2.39. The molecule has 5 aromatic rings. The van der Waals surface area contributed by atoms with Gasteiger partial charge in [0, 0.05) is 0 Å². The minimum Gasteiger partial charge on any atom is -0.0622 e. The molecule has 0 aromatic heterocycles. The average Bonchev–Trinajstić information content (AvgIpc) is 2.82. The second-order valence-corrected chi connectivity index (χ2v) is 7.87. The van der Waals surface area contributed by atoms with Gasteiger partial charge >= 0.3 is 0 Å². The van der Waals surface area contributed by atoms with E-state index in [9.17, 15) is 0 Å². The number of hydrogen-bond donors (Lipinski definition) is 0. The maximum Gasteiger partial charge on any atom is 0.0707 e. The van der Waals surface area contributed by atoms with Gasteiger partial charge in [0.1, 0.15) is 0 Å². The first-order valence-corrected chi connectivity index (χ1v) is 10.5. The van der Waals surface area contributed by atoms with Gasteiger partial charge < -0.3 is 0 Å². The summed E-state index contributed by atoms with van der Waals surface area (Å²) >= 11 is 0. The molecule has 0 amide bonds. The number of rotatable bonds is 4. The second-order valence-electron chi connectivity index (χ2n) is 7.87. The van der Waals surface area contributed by atoms with Crippen LogP contribution in [-0.4, -0.2) is 0 Å². The molecule has 0 nitrogen and oxygen atoms in total. The molecule has 0 aliphatic rings. The molecule has 0 radical (unpaired) electrons. The monoisotopic (exact) mass is 384 g/mol. The zero-order chi connectivity index (χ0) is 20.4. The molecule has 0 N–H and O–H groups in total. The number of aryl methyl sites for hydroxylation is 1. The lowest BCUT2D eigenvalue weighted by Gasteiger charge is -2.37. The molecular formula is C30H24. The van der Waals surface area contributed by atoms with Gasteiger partial charge in [-0.3, -0.25) is 0 Å². The molecule has 0 heteroatoms. The molecule has 0 aliphatic carbocycles. The van der Waals surface area contributed by atoms with E-state index in [1.54, 1.807) is 0 Å². The Kier molecular flexibility index (Phi) is 4.69. The van der Waals surface area contributed by atoms with Crippen LogP contribution >= 0.6 is 0 Å². The maximum atomic E-state index is 2.29. The number of hydrogen-bond acceptors (Lipinski definition) is 0. The summed E-state index contributed by atoms with van der Waals surface area (Å²) in [6, 6.07) is 46.2. The van der Waals surface area contributed by atoms with Crippen LogP contribution in [0, 0.1) is 6.92 Å². The van der Waals surface area contributed by atoms with Gasteiger partial charge in [-0.25, -0.2) is 0 Å². The van der Waals surface area contributed by atoms with E-state index < -0.39 is 5.41 Å². The SMILES string of the molecule is Cc1ccc(C(c2ccccc2)(c2ccccc2)c2cccc3ccccc23)cc1. The fourth-order valence-corrected chi connectivity index (χ4v) is 4.70. The molecule has 0 fully saturated rings. The van der Waals surface area contributed by atoms with Crippen molar-refractivity contribution in [1.29, 1.82) is 0 Å². The van der Waals surface area contributed by atoms with Crippen molar-refractivity contribution in [3.8, 4) is 0 Å². The molecule has 0 saturated heterocycles. The molecule has 0 aliphatic heterocycles. The van der Waals surface area contributed by atoms with E-state index in [0.717, 1.165) is 0 Å². The summed E-state index contributed by atoms with van der Waals surface area (Å²) in [6.45, 7) is 2.15. The molecule has 0 unspecified atom stereocenters. The molecule has 0 bridgehead atoms. The molecule has 0 atom stereocenters. The minimum atomic E-state index is -0.406. The van der Waals surface area contributed by atoms with Crippen LogP contribution in [0.15, 0.2) is 127 Å². The Balaban J connectivity index is 1.98. The predicted molar refractivity (Wildman–Crippen MR) is 127 cm³/mol. The fourth-order valence-electron chi connectivity index (χ4n) is 4.70. The molecule has 0 spiro atoms. The Morgan fingerprint density at radius 3 is 1.57 bits per heavy atom. The van der Waals surface area contributed by atoms with E-state index in [0.29, 0.717) is 0 Å². The number of benzene rings is 5.